The van der Waals surface area contributed by atoms with E-state index in [1.54, 1.807) is 28.4 Å². The average molecular weight is 427 g/mol. The van der Waals surface area contributed by atoms with Crippen LogP contribution in [0.1, 0.15) is 30.5 Å². The molecule has 8 nitrogen and oxygen atoms in total. The summed E-state index contributed by atoms with van der Waals surface area (Å²) >= 11 is 1.67. The summed E-state index contributed by atoms with van der Waals surface area (Å²) in [4.78, 5) is 23.7. The van der Waals surface area contributed by atoms with Crippen LogP contribution in [-0.2, 0) is 24.3 Å². The zero-order chi connectivity index (χ0) is 20.3. The average Bonchev–Trinajstić information content (AvgIpc) is 3.26. The van der Waals surface area contributed by atoms with Gasteiger partial charge >= 0.3 is 0 Å². The number of nitrogens with zero attached hydrogens (tertiary/aromatic N) is 5. The Morgan fingerprint density at radius 2 is 2.23 bits per heavy atom. The minimum atomic E-state index is -0.0352. The van der Waals surface area contributed by atoms with E-state index < -0.39 is 0 Å². The monoisotopic (exact) mass is 426 g/mol. The van der Waals surface area contributed by atoms with Crippen LogP contribution in [0.25, 0.3) is 10.2 Å². The molecule has 3 aromatic heterocycles. The molecule has 1 saturated heterocycles. The summed E-state index contributed by atoms with van der Waals surface area (Å²) in [5, 5.41) is 10.2. The highest BCUT2D eigenvalue weighted by molar-refractivity contribution is 7.17. The Kier molecular flexibility index (Phi) is 5.74. The Labute approximate surface area is 178 Å². The second-order valence-corrected chi connectivity index (χ2v) is 8.82. The molecule has 5 heterocycles. The molecule has 0 amide bonds. The molecule has 0 saturated carbocycles. The first-order valence-corrected chi connectivity index (χ1v) is 11.5. The summed E-state index contributed by atoms with van der Waals surface area (Å²) < 4.78 is 8.17. The van der Waals surface area contributed by atoms with Crippen molar-refractivity contribution < 1.29 is 4.74 Å². The molecule has 2 aliphatic heterocycles. The molecule has 158 valence electrons. The fraction of sp³-hybridized carbons (Fsp3) is 0.524. The number of hydrogen-bond acceptors (Lipinski definition) is 8. The summed E-state index contributed by atoms with van der Waals surface area (Å²) in [6.07, 6.45) is 5.98. The van der Waals surface area contributed by atoms with Gasteiger partial charge in [-0.05, 0) is 30.8 Å². The van der Waals surface area contributed by atoms with Crippen molar-refractivity contribution in [1.82, 2.24) is 24.6 Å². The minimum Gasteiger partial charge on any atom is -0.376 e. The number of ether oxygens (including phenoxy) is 1. The highest BCUT2D eigenvalue weighted by atomic mass is 32.1. The summed E-state index contributed by atoms with van der Waals surface area (Å²) in [7, 11) is 0. The molecule has 30 heavy (non-hydrogen) atoms. The summed E-state index contributed by atoms with van der Waals surface area (Å²) in [6, 6.07) is 4.14. The van der Waals surface area contributed by atoms with Gasteiger partial charge in [-0.1, -0.05) is 6.42 Å². The van der Waals surface area contributed by atoms with E-state index in [1.807, 2.05) is 11.4 Å². The number of likely N-dealkylation sites (tertiary alicyclic amines) is 1. The van der Waals surface area contributed by atoms with Gasteiger partial charge in [-0.3, -0.25) is 9.69 Å². The van der Waals surface area contributed by atoms with E-state index in [9.17, 15) is 4.79 Å². The Morgan fingerprint density at radius 1 is 1.27 bits per heavy atom. The fourth-order valence-electron chi connectivity index (χ4n) is 4.35. The van der Waals surface area contributed by atoms with Gasteiger partial charge < -0.3 is 10.1 Å². The van der Waals surface area contributed by atoms with Crippen molar-refractivity contribution in [2.45, 2.75) is 44.9 Å². The standard InChI is InChI=1S/C21H26N6O2S/c28-19-11-15-13-29-9-4-17(15)25-27(19)8-7-26-6-2-1-3-16(26)12-22-21-20-18(5-10-30-20)23-14-24-21/h5,10-11,14,16H,1-4,6-9,12-13H2,(H,22,23,24). The molecule has 9 heteroatoms. The number of rotatable bonds is 6. The molecule has 0 bridgehead atoms. The number of hydrogen-bond donors (Lipinski definition) is 1. The number of aromatic nitrogens is 4. The number of nitrogens with one attached hydrogen (secondary N) is 1. The lowest BCUT2D eigenvalue weighted by atomic mass is 10.0. The normalized spacial score (nSPS) is 19.7. The third-order valence-corrected chi connectivity index (χ3v) is 6.91. The van der Waals surface area contributed by atoms with Crippen molar-refractivity contribution in [3.8, 4) is 0 Å². The van der Waals surface area contributed by atoms with Gasteiger partial charge in [0, 0.05) is 37.2 Å². The van der Waals surface area contributed by atoms with Crippen LogP contribution in [0, 0.1) is 0 Å². The number of piperidine rings is 1. The van der Waals surface area contributed by atoms with Crippen molar-refractivity contribution in [3.05, 3.63) is 45.5 Å². The zero-order valence-electron chi connectivity index (χ0n) is 16.9. The maximum Gasteiger partial charge on any atom is 0.267 e. The Bertz CT molecular complexity index is 1080. The molecule has 1 N–H and O–H groups in total. The van der Waals surface area contributed by atoms with Crippen LogP contribution in [-0.4, -0.2) is 56.9 Å². The first kappa shape index (κ1) is 19.6. The summed E-state index contributed by atoms with van der Waals surface area (Å²) in [5.41, 5.74) is 2.89. The van der Waals surface area contributed by atoms with E-state index in [1.165, 1.54) is 12.8 Å². The van der Waals surface area contributed by atoms with E-state index >= 15 is 0 Å². The molecule has 1 fully saturated rings. The predicted molar refractivity (Wildman–Crippen MR) is 117 cm³/mol. The van der Waals surface area contributed by atoms with Crippen molar-refractivity contribution >= 4 is 27.4 Å². The molecule has 2 aliphatic rings. The third kappa shape index (κ3) is 4.10. The smallest absolute Gasteiger partial charge is 0.267 e. The fourth-order valence-corrected chi connectivity index (χ4v) is 5.16. The van der Waals surface area contributed by atoms with Gasteiger partial charge in [-0.2, -0.15) is 5.10 Å². The largest absolute Gasteiger partial charge is 0.376 e. The molecule has 0 spiro atoms. The van der Waals surface area contributed by atoms with E-state index in [0.29, 0.717) is 25.8 Å². The van der Waals surface area contributed by atoms with Crippen molar-refractivity contribution in [2.75, 3.05) is 31.6 Å². The van der Waals surface area contributed by atoms with Gasteiger partial charge in [-0.15, -0.1) is 11.3 Å². The van der Waals surface area contributed by atoms with Crippen molar-refractivity contribution in [1.29, 1.82) is 0 Å². The molecule has 0 aromatic carbocycles. The Morgan fingerprint density at radius 3 is 3.20 bits per heavy atom. The van der Waals surface area contributed by atoms with Crippen LogP contribution in [0.2, 0.25) is 0 Å². The maximum atomic E-state index is 12.5. The molecule has 1 unspecified atom stereocenters. The van der Waals surface area contributed by atoms with Crippen LogP contribution < -0.4 is 10.9 Å². The summed E-state index contributed by atoms with van der Waals surface area (Å²) in [6.45, 7) is 4.52. The number of fused-ring (bicyclic) bond motifs is 2. The van der Waals surface area contributed by atoms with Gasteiger partial charge in [0.25, 0.3) is 5.56 Å². The van der Waals surface area contributed by atoms with Crippen LogP contribution in [0.4, 0.5) is 5.82 Å². The van der Waals surface area contributed by atoms with Gasteiger partial charge in [0.15, 0.2) is 0 Å². The first-order chi connectivity index (χ1) is 14.8. The first-order valence-electron chi connectivity index (χ1n) is 10.6. The minimum absolute atomic E-state index is 0.0352. The molecule has 3 aromatic rings. The molecule has 5 rings (SSSR count). The van der Waals surface area contributed by atoms with Crippen LogP contribution >= 0.6 is 11.3 Å². The van der Waals surface area contributed by atoms with Crippen LogP contribution in [0.5, 0.6) is 0 Å². The van der Waals surface area contributed by atoms with Crippen LogP contribution in [0.15, 0.2) is 28.6 Å². The Hall–Kier alpha value is -2.36. The lowest BCUT2D eigenvalue weighted by Gasteiger charge is -2.36. The van der Waals surface area contributed by atoms with Gasteiger partial charge in [0.2, 0.25) is 0 Å². The Balaban J connectivity index is 1.24. The molecule has 0 aliphatic carbocycles. The SMILES string of the molecule is O=c1cc2c(nn1CCN1CCCCC1CNc1ncnc3ccsc13)CCOC2. The van der Waals surface area contributed by atoms with Crippen LogP contribution in [0.3, 0.4) is 0 Å². The molecule has 0 radical (unpaired) electrons. The van der Waals surface area contributed by atoms with E-state index in [0.717, 1.165) is 59.8 Å². The van der Waals surface area contributed by atoms with Gasteiger partial charge in [-0.25, -0.2) is 14.6 Å². The number of anilines is 1. The highest BCUT2D eigenvalue weighted by Crippen LogP contribution is 2.25. The summed E-state index contributed by atoms with van der Waals surface area (Å²) in [5.74, 6) is 0.912. The van der Waals surface area contributed by atoms with Crippen molar-refractivity contribution in [3.63, 3.8) is 0 Å². The van der Waals surface area contributed by atoms with E-state index in [2.05, 4.69) is 25.3 Å². The van der Waals surface area contributed by atoms with Gasteiger partial charge in [0.05, 0.1) is 35.7 Å². The van der Waals surface area contributed by atoms with Crippen molar-refractivity contribution in [2.24, 2.45) is 0 Å². The molecular weight excluding hydrogens is 400 g/mol. The zero-order valence-corrected chi connectivity index (χ0v) is 17.7. The van der Waals surface area contributed by atoms with E-state index in [-0.39, 0.29) is 5.56 Å². The molecule has 1 atom stereocenters. The quantitative estimate of drug-likeness (QED) is 0.647. The highest BCUT2D eigenvalue weighted by Gasteiger charge is 2.23. The molecular formula is C21H26N6O2S. The lowest BCUT2D eigenvalue weighted by molar-refractivity contribution is 0.107. The topological polar surface area (TPSA) is 85.2 Å². The third-order valence-electron chi connectivity index (χ3n) is 6.00. The second kappa shape index (κ2) is 8.79. The maximum absolute atomic E-state index is 12.5. The van der Waals surface area contributed by atoms with Gasteiger partial charge in [0.1, 0.15) is 12.1 Å². The lowest BCUT2D eigenvalue weighted by Crippen LogP contribution is -2.46. The second-order valence-electron chi connectivity index (χ2n) is 7.90. The number of thiophene rings is 1. The van der Waals surface area contributed by atoms with E-state index in [4.69, 9.17) is 4.74 Å². The predicted octanol–water partition coefficient (Wildman–Crippen LogP) is 2.29.